The number of piperidine rings is 1. The molecule has 1 saturated carbocycles. The minimum atomic E-state index is -0.600. The van der Waals surface area contributed by atoms with Crippen LogP contribution in [0, 0.1) is 17.8 Å². The Labute approximate surface area is 123 Å². The lowest BCUT2D eigenvalue weighted by Gasteiger charge is -2.41. The number of rotatable bonds is 4. The first-order valence-electron chi connectivity index (χ1n) is 8.09. The number of aliphatic carboxylic acids is 1. The second kappa shape index (κ2) is 6.90. The molecular formula is C16H30N2O2. The Morgan fingerprint density at radius 3 is 2.50 bits per heavy atom. The molecule has 3 unspecified atom stereocenters. The van der Waals surface area contributed by atoms with E-state index >= 15 is 0 Å². The summed E-state index contributed by atoms with van der Waals surface area (Å²) in [7, 11) is 4.32. The Morgan fingerprint density at radius 2 is 1.90 bits per heavy atom. The van der Waals surface area contributed by atoms with Crippen LogP contribution in [0.1, 0.15) is 39.0 Å². The van der Waals surface area contributed by atoms with Crippen LogP contribution >= 0.6 is 0 Å². The van der Waals surface area contributed by atoms with E-state index in [-0.39, 0.29) is 12.0 Å². The van der Waals surface area contributed by atoms with Crippen molar-refractivity contribution in [3.8, 4) is 0 Å². The van der Waals surface area contributed by atoms with Crippen molar-refractivity contribution in [2.75, 3.05) is 33.7 Å². The molecule has 0 radical (unpaired) electrons. The molecule has 4 heteroatoms. The third-order valence-corrected chi connectivity index (χ3v) is 5.35. The number of hydrogen-bond donors (Lipinski definition) is 1. The van der Waals surface area contributed by atoms with E-state index in [0.29, 0.717) is 5.92 Å². The Hall–Kier alpha value is -0.610. The van der Waals surface area contributed by atoms with Crippen LogP contribution in [-0.2, 0) is 4.79 Å². The molecule has 1 aliphatic carbocycles. The van der Waals surface area contributed by atoms with Gasteiger partial charge in [-0.3, -0.25) is 4.79 Å². The third-order valence-electron chi connectivity index (χ3n) is 5.35. The van der Waals surface area contributed by atoms with Crippen LogP contribution in [0.4, 0.5) is 0 Å². The number of carboxylic acid groups (broad SMARTS) is 1. The molecule has 1 aliphatic heterocycles. The fourth-order valence-electron chi connectivity index (χ4n) is 3.91. The zero-order valence-corrected chi connectivity index (χ0v) is 13.2. The van der Waals surface area contributed by atoms with Crippen molar-refractivity contribution in [2.45, 2.75) is 45.1 Å². The molecule has 1 N–H and O–H groups in total. The highest BCUT2D eigenvalue weighted by Gasteiger charge is 2.36. The summed E-state index contributed by atoms with van der Waals surface area (Å²) in [4.78, 5) is 16.2. The van der Waals surface area contributed by atoms with Crippen LogP contribution in [0.2, 0.25) is 0 Å². The van der Waals surface area contributed by atoms with Crippen molar-refractivity contribution in [2.24, 2.45) is 17.8 Å². The van der Waals surface area contributed by atoms with Gasteiger partial charge in [-0.05, 0) is 71.1 Å². The SMILES string of the molecule is CC1CCC(C(=O)O)C(N(C)CC2CCN(C)CC2)C1. The molecule has 1 heterocycles. The largest absolute Gasteiger partial charge is 0.481 e. The van der Waals surface area contributed by atoms with Crippen LogP contribution in [0.25, 0.3) is 0 Å². The van der Waals surface area contributed by atoms with Gasteiger partial charge in [0.2, 0.25) is 0 Å². The maximum Gasteiger partial charge on any atom is 0.308 e. The first kappa shape index (κ1) is 15.8. The monoisotopic (exact) mass is 282 g/mol. The van der Waals surface area contributed by atoms with Crippen LogP contribution in [0.15, 0.2) is 0 Å². The van der Waals surface area contributed by atoms with Crippen molar-refractivity contribution in [3.63, 3.8) is 0 Å². The van der Waals surface area contributed by atoms with Crippen molar-refractivity contribution in [1.82, 2.24) is 9.80 Å². The van der Waals surface area contributed by atoms with Crippen LogP contribution in [0.3, 0.4) is 0 Å². The Balaban J connectivity index is 1.91. The molecule has 0 aromatic heterocycles. The topological polar surface area (TPSA) is 43.8 Å². The second-order valence-electron chi connectivity index (χ2n) is 7.12. The molecular weight excluding hydrogens is 252 g/mol. The quantitative estimate of drug-likeness (QED) is 0.858. The van der Waals surface area contributed by atoms with Crippen LogP contribution in [-0.4, -0.2) is 60.6 Å². The Bertz CT molecular complexity index is 326. The van der Waals surface area contributed by atoms with Gasteiger partial charge in [0, 0.05) is 12.6 Å². The molecule has 0 amide bonds. The molecule has 0 aromatic rings. The van der Waals surface area contributed by atoms with E-state index in [1.807, 2.05) is 0 Å². The van der Waals surface area contributed by atoms with Crippen molar-refractivity contribution in [3.05, 3.63) is 0 Å². The van der Waals surface area contributed by atoms with Gasteiger partial charge in [0.05, 0.1) is 5.92 Å². The highest BCUT2D eigenvalue weighted by molar-refractivity contribution is 5.71. The molecule has 2 aliphatic rings. The maximum absolute atomic E-state index is 11.5. The molecule has 4 nitrogen and oxygen atoms in total. The van der Waals surface area contributed by atoms with E-state index in [2.05, 4.69) is 30.8 Å². The smallest absolute Gasteiger partial charge is 0.308 e. The molecule has 0 spiro atoms. The predicted molar refractivity (Wildman–Crippen MR) is 80.8 cm³/mol. The molecule has 2 rings (SSSR count). The fraction of sp³-hybridized carbons (Fsp3) is 0.938. The number of carbonyl (C=O) groups is 1. The summed E-state index contributed by atoms with van der Waals surface area (Å²) in [5.41, 5.74) is 0. The van der Waals surface area contributed by atoms with E-state index in [0.717, 1.165) is 31.7 Å². The van der Waals surface area contributed by atoms with Crippen molar-refractivity contribution < 1.29 is 9.90 Å². The number of carboxylic acids is 1. The van der Waals surface area contributed by atoms with Gasteiger partial charge in [-0.1, -0.05) is 6.92 Å². The van der Waals surface area contributed by atoms with Gasteiger partial charge >= 0.3 is 5.97 Å². The number of likely N-dealkylation sites (tertiary alicyclic amines) is 1. The van der Waals surface area contributed by atoms with E-state index < -0.39 is 5.97 Å². The molecule has 2 fully saturated rings. The van der Waals surface area contributed by atoms with Crippen LogP contribution < -0.4 is 0 Å². The summed E-state index contributed by atoms with van der Waals surface area (Å²) in [6.07, 6.45) is 5.45. The summed E-state index contributed by atoms with van der Waals surface area (Å²) in [5.74, 6) is 0.637. The summed E-state index contributed by atoms with van der Waals surface area (Å²) < 4.78 is 0. The van der Waals surface area contributed by atoms with Gasteiger partial charge in [-0.25, -0.2) is 0 Å². The zero-order valence-electron chi connectivity index (χ0n) is 13.2. The van der Waals surface area contributed by atoms with E-state index in [1.165, 1.54) is 25.9 Å². The molecule has 20 heavy (non-hydrogen) atoms. The highest BCUT2D eigenvalue weighted by Crippen LogP contribution is 2.33. The highest BCUT2D eigenvalue weighted by atomic mass is 16.4. The Kier molecular flexibility index (Phi) is 5.44. The van der Waals surface area contributed by atoms with Gasteiger partial charge < -0.3 is 14.9 Å². The van der Waals surface area contributed by atoms with Crippen LogP contribution in [0.5, 0.6) is 0 Å². The van der Waals surface area contributed by atoms with Gasteiger partial charge in [-0.2, -0.15) is 0 Å². The average Bonchev–Trinajstić information content (AvgIpc) is 2.41. The first-order valence-corrected chi connectivity index (χ1v) is 8.09. The minimum Gasteiger partial charge on any atom is -0.481 e. The molecule has 0 bridgehead atoms. The normalized spacial score (nSPS) is 33.5. The molecule has 1 saturated heterocycles. The van der Waals surface area contributed by atoms with Crippen molar-refractivity contribution >= 4 is 5.97 Å². The molecule has 116 valence electrons. The van der Waals surface area contributed by atoms with Gasteiger partial charge in [0.15, 0.2) is 0 Å². The summed E-state index contributed by atoms with van der Waals surface area (Å²) in [6.45, 7) is 5.69. The van der Waals surface area contributed by atoms with E-state index in [4.69, 9.17) is 0 Å². The Morgan fingerprint density at radius 1 is 1.25 bits per heavy atom. The maximum atomic E-state index is 11.5. The number of hydrogen-bond acceptors (Lipinski definition) is 3. The summed E-state index contributed by atoms with van der Waals surface area (Å²) in [5, 5.41) is 9.45. The summed E-state index contributed by atoms with van der Waals surface area (Å²) in [6, 6.07) is 0.232. The molecule has 3 atom stereocenters. The minimum absolute atomic E-state index is 0.164. The molecule has 0 aromatic carbocycles. The lowest BCUT2D eigenvalue weighted by Crippen LogP contribution is -2.47. The van der Waals surface area contributed by atoms with E-state index in [1.54, 1.807) is 0 Å². The lowest BCUT2D eigenvalue weighted by atomic mass is 9.78. The fourth-order valence-corrected chi connectivity index (χ4v) is 3.91. The standard InChI is InChI=1S/C16H30N2O2/c1-12-4-5-14(16(19)20)15(10-12)18(3)11-13-6-8-17(2)9-7-13/h12-15H,4-11H2,1-3H3,(H,19,20). The van der Waals surface area contributed by atoms with Gasteiger partial charge in [0.25, 0.3) is 0 Å². The number of nitrogens with zero attached hydrogens (tertiary/aromatic N) is 2. The predicted octanol–water partition coefficient (Wildman–Crippen LogP) is 2.15. The summed E-state index contributed by atoms with van der Waals surface area (Å²) >= 11 is 0. The second-order valence-corrected chi connectivity index (χ2v) is 7.12. The zero-order chi connectivity index (χ0) is 14.7. The van der Waals surface area contributed by atoms with Crippen molar-refractivity contribution in [1.29, 1.82) is 0 Å². The van der Waals surface area contributed by atoms with Gasteiger partial charge in [-0.15, -0.1) is 0 Å². The lowest BCUT2D eigenvalue weighted by molar-refractivity contribution is -0.146. The van der Waals surface area contributed by atoms with Gasteiger partial charge in [0.1, 0.15) is 0 Å². The average molecular weight is 282 g/mol. The third kappa shape index (κ3) is 3.95. The first-order chi connectivity index (χ1) is 9.47. The van der Waals surface area contributed by atoms with E-state index in [9.17, 15) is 9.90 Å².